The Hall–Kier alpha value is -1.35. The minimum absolute atomic E-state index is 0.172. The maximum atomic E-state index is 11.4. The molecule has 0 aromatic heterocycles. The molecule has 0 unspecified atom stereocenters. The van der Waals surface area contributed by atoms with Gasteiger partial charge in [-0.15, -0.1) is 5.48 Å². The summed E-state index contributed by atoms with van der Waals surface area (Å²) in [5, 5.41) is 0. The van der Waals surface area contributed by atoms with Crippen LogP contribution >= 0.6 is 0 Å². The van der Waals surface area contributed by atoms with E-state index < -0.39 is 0 Å². The fraction of sp³-hybridized carbons (Fsp3) is 0.533. The smallest absolute Gasteiger partial charge is 0.324 e. The Balaban J connectivity index is 2.03. The standard InChI is InChI=1S/C15H23NO2/c1-13(2)8-6-7-11-15(17)18-16-12-14-9-4-3-5-10-14/h3-5,9-10,13,16H,6-8,11-12H2,1-2H3. The fourth-order valence-corrected chi connectivity index (χ4v) is 1.67. The van der Waals surface area contributed by atoms with Crippen molar-refractivity contribution in [2.24, 2.45) is 5.92 Å². The van der Waals surface area contributed by atoms with Crippen molar-refractivity contribution in [2.45, 2.75) is 46.1 Å². The van der Waals surface area contributed by atoms with Crippen LogP contribution in [0.3, 0.4) is 0 Å². The molecule has 3 heteroatoms. The summed E-state index contributed by atoms with van der Waals surface area (Å²) in [4.78, 5) is 16.4. The zero-order chi connectivity index (χ0) is 13.2. The topological polar surface area (TPSA) is 38.3 Å². The third-order valence-corrected chi connectivity index (χ3v) is 2.72. The van der Waals surface area contributed by atoms with E-state index in [4.69, 9.17) is 4.84 Å². The highest BCUT2D eigenvalue weighted by Crippen LogP contribution is 2.08. The van der Waals surface area contributed by atoms with Gasteiger partial charge in [-0.3, -0.25) is 4.79 Å². The lowest BCUT2D eigenvalue weighted by Gasteiger charge is -2.06. The SMILES string of the molecule is CC(C)CCCCC(=O)ONCc1ccccc1. The molecule has 18 heavy (non-hydrogen) atoms. The number of hydrogen-bond donors (Lipinski definition) is 1. The van der Waals surface area contributed by atoms with Crippen molar-refractivity contribution in [2.75, 3.05) is 0 Å². The molecule has 1 aromatic carbocycles. The number of benzene rings is 1. The quantitative estimate of drug-likeness (QED) is 0.566. The summed E-state index contributed by atoms with van der Waals surface area (Å²) < 4.78 is 0. The average Bonchev–Trinajstić information content (AvgIpc) is 2.36. The molecule has 1 aromatic rings. The summed E-state index contributed by atoms with van der Waals surface area (Å²) in [6.07, 6.45) is 3.66. The van der Waals surface area contributed by atoms with Crippen molar-refractivity contribution >= 4 is 5.97 Å². The van der Waals surface area contributed by atoms with Crippen LogP contribution in [-0.4, -0.2) is 5.97 Å². The predicted octanol–water partition coefficient (Wildman–Crippen LogP) is 3.45. The zero-order valence-corrected chi connectivity index (χ0v) is 11.3. The lowest BCUT2D eigenvalue weighted by atomic mass is 10.1. The van der Waals surface area contributed by atoms with E-state index in [1.165, 1.54) is 6.42 Å². The first-order chi connectivity index (χ1) is 8.68. The number of carbonyl (C=O) groups excluding carboxylic acids is 1. The zero-order valence-electron chi connectivity index (χ0n) is 11.3. The number of hydrogen-bond acceptors (Lipinski definition) is 3. The van der Waals surface area contributed by atoms with Gasteiger partial charge in [-0.1, -0.05) is 57.0 Å². The van der Waals surface area contributed by atoms with Crippen LogP contribution in [0.1, 0.15) is 45.1 Å². The molecule has 0 aliphatic carbocycles. The van der Waals surface area contributed by atoms with Crippen molar-refractivity contribution in [3.05, 3.63) is 35.9 Å². The minimum atomic E-state index is -0.172. The Bertz CT molecular complexity index is 336. The van der Waals surface area contributed by atoms with Gasteiger partial charge in [-0.2, -0.15) is 0 Å². The van der Waals surface area contributed by atoms with E-state index in [-0.39, 0.29) is 5.97 Å². The maximum Gasteiger partial charge on any atom is 0.324 e. The molecule has 100 valence electrons. The molecule has 3 nitrogen and oxygen atoms in total. The first-order valence-electron chi connectivity index (χ1n) is 6.65. The number of hydroxylamine groups is 1. The van der Waals surface area contributed by atoms with Gasteiger partial charge in [0, 0.05) is 6.42 Å². The van der Waals surface area contributed by atoms with Gasteiger partial charge in [0.15, 0.2) is 0 Å². The van der Waals surface area contributed by atoms with Crippen molar-refractivity contribution in [1.29, 1.82) is 0 Å². The van der Waals surface area contributed by atoms with Gasteiger partial charge in [0.2, 0.25) is 0 Å². The molecule has 1 N–H and O–H groups in total. The summed E-state index contributed by atoms with van der Waals surface area (Å²) in [6.45, 7) is 4.94. The van der Waals surface area contributed by atoms with Gasteiger partial charge in [0.1, 0.15) is 0 Å². The number of carbonyl (C=O) groups is 1. The Morgan fingerprint density at radius 1 is 1.22 bits per heavy atom. The lowest BCUT2D eigenvalue weighted by Crippen LogP contribution is -2.19. The van der Waals surface area contributed by atoms with Crippen LogP contribution in [0.15, 0.2) is 30.3 Å². The summed E-state index contributed by atoms with van der Waals surface area (Å²) in [5.41, 5.74) is 3.80. The van der Waals surface area contributed by atoms with Crippen LogP contribution in [0.2, 0.25) is 0 Å². The average molecular weight is 249 g/mol. The predicted molar refractivity (Wildman–Crippen MR) is 72.7 cm³/mol. The van der Waals surface area contributed by atoms with Gasteiger partial charge < -0.3 is 4.84 Å². The maximum absolute atomic E-state index is 11.4. The monoisotopic (exact) mass is 249 g/mol. The highest BCUT2D eigenvalue weighted by atomic mass is 16.7. The van der Waals surface area contributed by atoms with Crippen LogP contribution < -0.4 is 5.48 Å². The van der Waals surface area contributed by atoms with Gasteiger partial charge >= 0.3 is 5.97 Å². The van der Waals surface area contributed by atoms with Gasteiger partial charge in [0.05, 0.1) is 6.54 Å². The second-order valence-electron chi connectivity index (χ2n) is 4.92. The van der Waals surface area contributed by atoms with E-state index in [0.717, 1.165) is 18.4 Å². The van der Waals surface area contributed by atoms with E-state index in [1.54, 1.807) is 0 Å². The van der Waals surface area contributed by atoms with Crippen LogP contribution in [0.5, 0.6) is 0 Å². The number of nitrogens with one attached hydrogen (secondary N) is 1. The molecule has 1 rings (SSSR count). The lowest BCUT2D eigenvalue weighted by molar-refractivity contribution is -0.151. The van der Waals surface area contributed by atoms with Gasteiger partial charge in [-0.05, 0) is 17.9 Å². The summed E-state index contributed by atoms with van der Waals surface area (Å²) in [6, 6.07) is 9.87. The minimum Gasteiger partial charge on any atom is -0.370 e. The molecule has 0 aliphatic rings. The van der Waals surface area contributed by atoms with Crippen LogP contribution in [0.4, 0.5) is 0 Å². The molecule has 0 saturated carbocycles. The van der Waals surface area contributed by atoms with Crippen molar-refractivity contribution in [3.8, 4) is 0 Å². The largest absolute Gasteiger partial charge is 0.370 e. The summed E-state index contributed by atoms with van der Waals surface area (Å²) in [5.74, 6) is 0.534. The summed E-state index contributed by atoms with van der Waals surface area (Å²) in [7, 11) is 0. The molecule has 0 atom stereocenters. The molecule has 0 amide bonds. The number of rotatable bonds is 8. The highest BCUT2D eigenvalue weighted by molar-refractivity contribution is 5.68. The molecule has 0 fully saturated rings. The number of unbranched alkanes of at least 4 members (excludes halogenated alkanes) is 1. The molecule has 0 heterocycles. The molecule has 0 bridgehead atoms. The van der Waals surface area contributed by atoms with E-state index in [2.05, 4.69) is 19.3 Å². The van der Waals surface area contributed by atoms with E-state index in [9.17, 15) is 4.79 Å². The Morgan fingerprint density at radius 3 is 2.61 bits per heavy atom. The molecular formula is C15H23NO2. The summed E-state index contributed by atoms with van der Waals surface area (Å²) >= 11 is 0. The van der Waals surface area contributed by atoms with Crippen LogP contribution in [0, 0.1) is 5.92 Å². The van der Waals surface area contributed by atoms with Gasteiger partial charge in [0.25, 0.3) is 0 Å². The second kappa shape index (κ2) is 8.70. The third kappa shape index (κ3) is 7.07. The van der Waals surface area contributed by atoms with Crippen molar-refractivity contribution in [1.82, 2.24) is 5.48 Å². The van der Waals surface area contributed by atoms with Crippen LogP contribution in [-0.2, 0) is 16.2 Å². The Morgan fingerprint density at radius 2 is 1.94 bits per heavy atom. The normalized spacial score (nSPS) is 10.6. The Labute approximate surface area is 109 Å². The van der Waals surface area contributed by atoms with Gasteiger partial charge in [-0.25, -0.2) is 0 Å². The van der Waals surface area contributed by atoms with Crippen molar-refractivity contribution < 1.29 is 9.63 Å². The van der Waals surface area contributed by atoms with E-state index in [1.807, 2.05) is 30.3 Å². The second-order valence-corrected chi connectivity index (χ2v) is 4.92. The first-order valence-corrected chi connectivity index (χ1v) is 6.65. The molecule has 0 aliphatic heterocycles. The molecule has 0 spiro atoms. The van der Waals surface area contributed by atoms with Crippen LogP contribution in [0.25, 0.3) is 0 Å². The van der Waals surface area contributed by atoms with E-state index >= 15 is 0 Å². The molecular weight excluding hydrogens is 226 g/mol. The first kappa shape index (κ1) is 14.7. The van der Waals surface area contributed by atoms with E-state index in [0.29, 0.717) is 18.9 Å². The fourth-order valence-electron chi connectivity index (χ4n) is 1.67. The Kier molecular flexibility index (Phi) is 7.11. The highest BCUT2D eigenvalue weighted by Gasteiger charge is 2.03. The molecule has 0 saturated heterocycles. The van der Waals surface area contributed by atoms with Crippen molar-refractivity contribution in [3.63, 3.8) is 0 Å². The third-order valence-electron chi connectivity index (χ3n) is 2.72. The molecule has 0 radical (unpaired) electrons.